The molecule has 0 atom stereocenters. The predicted molar refractivity (Wildman–Crippen MR) is 110 cm³/mol. The Labute approximate surface area is 160 Å². The third-order valence-electron chi connectivity index (χ3n) is 3.58. The van der Waals surface area contributed by atoms with Crippen LogP contribution in [0.15, 0.2) is 65.0 Å². The van der Waals surface area contributed by atoms with Crippen LogP contribution in [0.4, 0.5) is 21.9 Å². The number of anilines is 2. The van der Waals surface area contributed by atoms with E-state index in [4.69, 9.17) is 17.3 Å². The number of nitrogens with zero attached hydrogens (tertiary/aromatic N) is 1. The summed E-state index contributed by atoms with van der Waals surface area (Å²) in [5.74, 6) is 0.467. The third kappa shape index (κ3) is 4.62. The fraction of sp³-hybridized carbons (Fsp3) is 0.0526. The number of aryl methyl sites for hydroxylation is 1. The molecule has 2 aromatic carbocycles. The van der Waals surface area contributed by atoms with Gasteiger partial charge in [0.2, 0.25) is 0 Å². The SMILES string of the molecule is Cc1ccc(NC(=O)Nc2ccc(N=C(N)c3cccs3)cc2)cc1Cl. The Kier molecular flexibility index (Phi) is 5.55. The lowest BCUT2D eigenvalue weighted by Gasteiger charge is -2.09. The van der Waals surface area contributed by atoms with Crippen molar-refractivity contribution in [3.05, 3.63) is 75.4 Å². The van der Waals surface area contributed by atoms with Gasteiger partial charge in [0.25, 0.3) is 0 Å². The molecule has 0 saturated heterocycles. The average Bonchev–Trinajstić information content (AvgIpc) is 3.15. The highest BCUT2D eigenvalue weighted by atomic mass is 35.5. The molecule has 0 aliphatic rings. The molecule has 132 valence electrons. The molecule has 0 aliphatic carbocycles. The van der Waals surface area contributed by atoms with E-state index < -0.39 is 0 Å². The molecule has 0 spiro atoms. The van der Waals surface area contributed by atoms with Gasteiger partial charge >= 0.3 is 6.03 Å². The number of urea groups is 1. The summed E-state index contributed by atoms with van der Waals surface area (Å²) in [4.78, 5) is 17.4. The van der Waals surface area contributed by atoms with E-state index in [1.165, 1.54) is 11.3 Å². The quantitative estimate of drug-likeness (QED) is 0.416. The largest absolute Gasteiger partial charge is 0.383 e. The van der Waals surface area contributed by atoms with Crippen molar-refractivity contribution < 1.29 is 4.79 Å². The summed E-state index contributed by atoms with van der Waals surface area (Å²) >= 11 is 7.59. The Balaban J connectivity index is 1.62. The van der Waals surface area contributed by atoms with Crippen LogP contribution in [-0.4, -0.2) is 11.9 Å². The second kappa shape index (κ2) is 8.03. The number of carbonyl (C=O) groups is 1. The molecule has 4 N–H and O–H groups in total. The molecule has 0 saturated carbocycles. The highest BCUT2D eigenvalue weighted by molar-refractivity contribution is 7.12. The van der Waals surface area contributed by atoms with E-state index in [2.05, 4.69) is 15.6 Å². The summed E-state index contributed by atoms with van der Waals surface area (Å²) in [5.41, 5.74) is 8.91. The van der Waals surface area contributed by atoms with E-state index in [0.29, 0.717) is 27.9 Å². The summed E-state index contributed by atoms with van der Waals surface area (Å²) < 4.78 is 0. The molecule has 2 amide bonds. The Bertz CT molecular complexity index is 937. The van der Waals surface area contributed by atoms with Gasteiger partial charge in [0, 0.05) is 16.4 Å². The van der Waals surface area contributed by atoms with Gasteiger partial charge in [-0.15, -0.1) is 11.3 Å². The van der Waals surface area contributed by atoms with Crippen LogP contribution < -0.4 is 16.4 Å². The Morgan fingerprint density at radius 1 is 1.08 bits per heavy atom. The molecule has 7 heteroatoms. The first-order chi connectivity index (χ1) is 12.5. The van der Waals surface area contributed by atoms with Crippen LogP contribution >= 0.6 is 22.9 Å². The molecule has 5 nitrogen and oxygen atoms in total. The van der Waals surface area contributed by atoms with Gasteiger partial charge in [0.05, 0.1) is 10.6 Å². The lowest BCUT2D eigenvalue weighted by atomic mass is 10.2. The number of amides is 2. The Morgan fingerprint density at radius 2 is 1.77 bits per heavy atom. The zero-order valence-electron chi connectivity index (χ0n) is 14.0. The van der Waals surface area contributed by atoms with Gasteiger partial charge in [0.15, 0.2) is 0 Å². The van der Waals surface area contributed by atoms with Crippen molar-refractivity contribution in [3.63, 3.8) is 0 Å². The highest BCUT2D eigenvalue weighted by Gasteiger charge is 2.05. The minimum atomic E-state index is -0.348. The standard InChI is InChI=1S/C19H17ClN4OS/c1-12-4-5-15(11-16(12)20)24-19(25)23-14-8-6-13(7-9-14)22-18(21)17-3-2-10-26-17/h2-11H,1H3,(H2,21,22)(H2,23,24,25). The number of rotatable bonds is 4. The second-order valence-corrected chi connectivity index (χ2v) is 6.92. The van der Waals surface area contributed by atoms with E-state index in [-0.39, 0.29) is 6.03 Å². The van der Waals surface area contributed by atoms with Crippen LogP contribution in [0, 0.1) is 6.92 Å². The topological polar surface area (TPSA) is 79.5 Å². The summed E-state index contributed by atoms with van der Waals surface area (Å²) in [6, 6.07) is 16.0. The zero-order valence-corrected chi connectivity index (χ0v) is 15.6. The van der Waals surface area contributed by atoms with Gasteiger partial charge in [-0.2, -0.15) is 0 Å². The van der Waals surface area contributed by atoms with E-state index in [1.807, 2.05) is 30.5 Å². The molecule has 0 unspecified atom stereocenters. The van der Waals surface area contributed by atoms with E-state index in [1.54, 1.807) is 36.4 Å². The molecule has 3 aromatic rings. The number of thiophene rings is 1. The van der Waals surface area contributed by atoms with Crippen molar-refractivity contribution in [2.45, 2.75) is 6.92 Å². The van der Waals surface area contributed by atoms with Crippen LogP contribution in [0.3, 0.4) is 0 Å². The molecular weight excluding hydrogens is 368 g/mol. The van der Waals surface area contributed by atoms with Crippen LogP contribution in [-0.2, 0) is 0 Å². The predicted octanol–water partition coefficient (Wildman–Crippen LogP) is 5.39. The lowest BCUT2D eigenvalue weighted by Crippen LogP contribution is -2.19. The van der Waals surface area contributed by atoms with Crippen LogP contribution in [0.25, 0.3) is 0 Å². The average molecular weight is 385 g/mol. The number of nitrogens with one attached hydrogen (secondary N) is 2. The number of hydrogen-bond donors (Lipinski definition) is 3. The molecule has 3 rings (SSSR count). The number of aliphatic imine (C=N–C) groups is 1. The van der Waals surface area contributed by atoms with Crippen LogP contribution in [0.2, 0.25) is 5.02 Å². The first-order valence-corrected chi connectivity index (χ1v) is 9.09. The first-order valence-electron chi connectivity index (χ1n) is 7.83. The van der Waals surface area contributed by atoms with Crippen molar-refractivity contribution >= 4 is 51.9 Å². The molecule has 0 fully saturated rings. The molecule has 0 bridgehead atoms. The molecular formula is C19H17ClN4OS. The number of amidine groups is 1. The normalized spacial score (nSPS) is 11.2. The summed E-state index contributed by atoms with van der Waals surface area (Å²) in [6.07, 6.45) is 0. The van der Waals surface area contributed by atoms with Gasteiger partial charge < -0.3 is 16.4 Å². The summed E-state index contributed by atoms with van der Waals surface area (Å²) in [5, 5.41) is 8.06. The Morgan fingerprint density at radius 3 is 2.42 bits per heavy atom. The fourth-order valence-corrected chi connectivity index (χ4v) is 3.01. The van der Waals surface area contributed by atoms with Gasteiger partial charge in [-0.25, -0.2) is 9.79 Å². The minimum absolute atomic E-state index is 0.348. The Hall–Kier alpha value is -2.83. The smallest absolute Gasteiger partial charge is 0.323 e. The maximum absolute atomic E-state index is 12.1. The maximum Gasteiger partial charge on any atom is 0.323 e. The number of halogens is 1. The lowest BCUT2D eigenvalue weighted by molar-refractivity contribution is 0.262. The van der Waals surface area contributed by atoms with Crippen molar-refractivity contribution in [2.24, 2.45) is 10.7 Å². The van der Waals surface area contributed by atoms with Crippen molar-refractivity contribution in [1.29, 1.82) is 0 Å². The molecule has 1 heterocycles. The monoisotopic (exact) mass is 384 g/mol. The van der Waals surface area contributed by atoms with E-state index >= 15 is 0 Å². The highest BCUT2D eigenvalue weighted by Crippen LogP contribution is 2.21. The molecule has 0 aliphatic heterocycles. The van der Waals surface area contributed by atoms with Crippen LogP contribution in [0.5, 0.6) is 0 Å². The fourth-order valence-electron chi connectivity index (χ4n) is 2.20. The molecule has 0 radical (unpaired) electrons. The zero-order chi connectivity index (χ0) is 18.5. The summed E-state index contributed by atoms with van der Waals surface area (Å²) in [7, 11) is 0. The van der Waals surface area contributed by atoms with Gasteiger partial charge in [-0.3, -0.25) is 0 Å². The van der Waals surface area contributed by atoms with Gasteiger partial charge in [0.1, 0.15) is 5.84 Å². The minimum Gasteiger partial charge on any atom is -0.383 e. The third-order valence-corrected chi connectivity index (χ3v) is 4.88. The van der Waals surface area contributed by atoms with Crippen molar-refractivity contribution in [2.75, 3.05) is 10.6 Å². The maximum atomic E-state index is 12.1. The number of benzene rings is 2. The van der Waals surface area contributed by atoms with Crippen LogP contribution in [0.1, 0.15) is 10.4 Å². The first kappa shape index (κ1) is 18.0. The molecule has 1 aromatic heterocycles. The second-order valence-electron chi connectivity index (χ2n) is 5.56. The number of hydrogen-bond acceptors (Lipinski definition) is 3. The molecule has 26 heavy (non-hydrogen) atoms. The van der Waals surface area contributed by atoms with Gasteiger partial charge in [-0.05, 0) is 60.3 Å². The summed E-state index contributed by atoms with van der Waals surface area (Å²) in [6.45, 7) is 1.90. The van der Waals surface area contributed by atoms with E-state index in [0.717, 1.165) is 10.4 Å². The number of carbonyl (C=O) groups excluding carboxylic acids is 1. The van der Waals surface area contributed by atoms with Crippen molar-refractivity contribution in [1.82, 2.24) is 0 Å². The van der Waals surface area contributed by atoms with Gasteiger partial charge in [-0.1, -0.05) is 23.7 Å². The number of nitrogens with two attached hydrogens (primary N) is 1. The van der Waals surface area contributed by atoms with Crippen molar-refractivity contribution in [3.8, 4) is 0 Å². The van der Waals surface area contributed by atoms with E-state index in [9.17, 15) is 4.79 Å².